The number of piperazine rings is 1. The number of methoxy groups -OCH3 is 1. The van der Waals surface area contributed by atoms with E-state index < -0.39 is 0 Å². The Balaban J connectivity index is 0.00000192. The molecule has 1 aromatic heterocycles. The molecule has 0 aliphatic carbocycles. The second-order valence-corrected chi connectivity index (χ2v) is 6.36. The number of benzene rings is 1. The number of rotatable bonds is 4. The number of pyridine rings is 1. The number of nitrogens with zero attached hydrogens (tertiary/aromatic N) is 2. The van der Waals surface area contributed by atoms with Gasteiger partial charge in [0.2, 0.25) is 0 Å². The van der Waals surface area contributed by atoms with Crippen LogP contribution in [-0.4, -0.2) is 36.6 Å². The molecular weight excluding hydrogens is 378 g/mol. The fourth-order valence-corrected chi connectivity index (χ4v) is 3.37. The molecule has 1 fully saturated rings. The van der Waals surface area contributed by atoms with Crippen molar-refractivity contribution in [2.75, 3.05) is 26.7 Å². The Bertz CT molecular complexity index is 641. The normalized spacial score (nSPS) is 18.3. The summed E-state index contributed by atoms with van der Waals surface area (Å²) in [5.74, 6) is 0.952. The second kappa shape index (κ2) is 8.64. The highest BCUT2D eigenvalue weighted by atomic mass is 79.9. The van der Waals surface area contributed by atoms with Crippen LogP contribution in [0.1, 0.15) is 17.2 Å². The number of hydrogen-bond donors (Lipinski definition) is 1. The molecule has 1 aliphatic rings. The standard InChI is InChI=1S/C17H20BrN3O.ClH/c1-22-17-5-3-2-4-15(17)16-11-19-6-7-21(16)12-13-8-14(18)10-20-9-13;/h2-5,8-10,16,19H,6-7,11-12H2,1H3;1H. The van der Waals surface area contributed by atoms with Crippen LogP contribution >= 0.6 is 28.3 Å². The average Bonchev–Trinajstić information content (AvgIpc) is 2.55. The van der Waals surface area contributed by atoms with Gasteiger partial charge in [0.25, 0.3) is 0 Å². The Kier molecular flexibility index (Phi) is 6.84. The van der Waals surface area contributed by atoms with Crippen molar-refractivity contribution in [1.29, 1.82) is 0 Å². The fourth-order valence-electron chi connectivity index (χ4n) is 2.96. The number of aromatic nitrogens is 1. The summed E-state index contributed by atoms with van der Waals surface area (Å²) in [5.41, 5.74) is 2.45. The summed E-state index contributed by atoms with van der Waals surface area (Å²) in [5, 5.41) is 3.49. The minimum Gasteiger partial charge on any atom is -0.496 e. The molecule has 23 heavy (non-hydrogen) atoms. The largest absolute Gasteiger partial charge is 0.496 e. The maximum Gasteiger partial charge on any atom is 0.123 e. The van der Waals surface area contributed by atoms with Crippen molar-refractivity contribution < 1.29 is 4.74 Å². The molecule has 2 aromatic rings. The van der Waals surface area contributed by atoms with Gasteiger partial charge in [-0.05, 0) is 33.6 Å². The van der Waals surface area contributed by atoms with E-state index in [9.17, 15) is 0 Å². The summed E-state index contributed by atoms with van der Waals surface area (Å²) in [6.45, 7) is 3.83. The van der Waals surface area contributed by atoms with Gasteiger partial charge in [0, 0.05) is 48.6 Å². The van der Waals surface area contributed by atoms with E-state index in [2.05, 4.69) is 49.3 Å². The van der Waals surface area contributed by atoms with E-state index in [0.717, 1.165) is 36.4 Å². The quantitative estimate of drug-likeness (QED) is 0.856. The average molecular weight is 399 g/mol. The minimum atomic E-state index is 0. The molecule has 2 heterocycles. The highest BCUT2D eigenvalue weighted by molar-refractivity contribution is 9.10. The Hall–Kier alpha value is -1.14. The van der Waals surface area contributed by atoms with Gasteiger partial charge in [-0.15, -0.1) is 12.4 Å². The van der Waals surface area contributed by atoms with Crippen LogP contribution in [0.15, 0.2) is 47.2 Å². The zero-order valence-electron chi connectivity index (χ0n) is 13.0. The lowest BCUT2D eigenvalue weighted by atomic mass is 10.0. The molecule has 1 unspecified atom stereocenters. The minimum absolute atomic E-state index is 0. The van der Waals surface area contributed by atoms with Gasteiger partial charge in [-0.1, -0.05) is 18.2 Å². The van der Waals surface area contributed by atoms with Crippen LogP contribution in [-0.2, 0) is 6.54 Å². The zero-order chi connectivity index (χ0) is 15.4. The summed E-state index contributed by atoms with van der Waals surface area (Å²) < 4.78 is 6.56. The third-order valence-electron chi connectivity index (χ3n) is 4.00. The molecule has 0 saturated carbocycles. The van der Waals surface area contributed by atoms with E-state index in [1.807, 2.05) is 24.5 Å². The van der Waals surface area contributed by atoms with Gasteiger partial charge in [0.1, 0.15) is 5.75 Å². The van der Waals surface area contributed by atoms with Gasteiger partial charge in [0.05, 0.1) is 13.2 Å². The van der Waals surface area contributed by atoms with E-state index in [1.165, 1.54) is 11.1 Å². The van der Waals surface area contributed by atoms with E-state index >= 15 is 0 Å². The summed E-state index contributed by atoms with van der Waals surface area (Å²) in [6, 6.07) is 10.7. The SMILES string of the molecule is COc1ccccc1C1CNCCN1Cc1cncc(Br)c1.Cl. The van der Waals surface area contributed by atoms with Crippen molar-refractivity contribution in [3.63, 3.8) is 0 Å². The first-order chi connectivity index (χ1) is 10.8. The lowest BCUT2D eigenvalue weighted by molar-refractivity contribution is 0.151. The van der Waals surface area contributed by atoms with Gasteiger partial charge in [-0.25, -0.2) is 0 Å². The third-order valence-corrected chi connectivity index (χ3v) is 4.43. The molecule has 1 saturated heterocycles. The highest BCUT2D eigenvalue weighted by Crippen LogP contribution is 2.31. The third kappa shape index (κ3) is 4.44. The van der Waals surface area contributed by atoms with Gasteiger partial charge >= 0.3 is 0 Å². The molecule has 1 aromatic carbocycles. The summed E-state index contributed by atoms with van der Waals surface area (Å²) in [7, 11) is 1.73. The predicted molar refractivity (Wildman–Crippen MR) is 98.2 cm³/mol. The first-order valence-corrected chi connectivity index (χ1v) is 8.24. The Morgan fingerprint density at radius 1 is 1.35 bits per heavy atom. The molecule has 124 valence electrons. The van der Waals surface area contributed by atoms with Gasteiger partial charge in [0.15, 0.2) is 0 Å². The zero-order valence-corrected chi connectivity index (χ0v) is 15.4. The van der Waals surface area contributed by atoms with Crippen LogP contribution in [0.2, 0.25) is 0 Å². The molecule has 1 atom stereocenters. The second-order valence-electron chi connectivity index (χ2n) is 5.44. The van der Waals surface area contributed by atoms with Crippen LogP contribution < -0.4 is 10.1 Å². The lowest BCUT2D eigenvalue weighted by Crippen LogP contribution is -2.45. The molecule has 4 nitrogen and oxygen atoms in total. The molecule has 0 spiro atoms. The first-order valence-electron chi connectivity index (χ1n) is 7.45. The highest BCUT2D eigenvalue weighted by Gasteiger charge is 2.26. The first kappa shape index (κ1) is 18.2. The molecule has 0 bridgehead atoms. The smallest absolute Gasteiger partial charge is 0.123 e. The van der Waals surface area contributed by atoms with E-state index in [4.69, 9.17) is 4.74 Å². The number of ether oxygens (including phenoxy) is 1. The molecule has 3 rings (SSSR count). The Morgan fingerprint density at radius 2 is 2.17 bits per heavy atom. The van der Waals surface area contributed by atoms with E-state index in [1.54, 1.807) is 7.11 Å². The molecule has 1 N–H and O–H groups in total. The fraction of sp³-hybridized carbons (Fsp3) is 0.353. The monoisotopic (exact) mass is 397 g/mol. The van der Waals surface area contributed by atoms with Crippen LogP contribution in [0.3, 0.4) is 0 Å². The molecule has 1 aliphatic heterocycles. The predicted octanol–water partition coefficient (Wildman–Crippen LogP) is 3.42. The molecular formula is C17H21BrClN3O. The van der Waals surface area contributed by atoms with Crippen molar-refractivity contribution in [3.8, 4) is 5.75 Å². The van der Waals surface area contributed by atoms with Crippen LogP contribution in [0.4, 0.5) is 0 Å². The van der Waals surface area contributed by atoms with Crippen LogP contribution in [0, 0.1) is 0 Å². The maximum atomic E-state index is 5.54. The Morgan fingerprint density at radius 3 is 2.96 bits per heavy atom. The van der Waals surface area contributed by atoms with Crippen molar-refractivity contribution in [2.24, 2.45) is 0 Å². The van der Waals surface area contributed by atoms with E-state index in [0.29, 0.717) is 6.04 Å². The maximum absolute atomic E-state index is 5.54. The van der Waals surface area contributed by atoms with Gasteiger partial charge in [-0.3, -0.25) is 9.88 Å². The van der Waals surface area contributed by atoms with Gasteiger partial charge < -0.3 is 10.1 Å². The van der Waals surface area contributed by atoms with Crippen molar-refractivity contribution in [3.05, 3.63) is 58.3 Å². The number of nitrogens with one attached hydrogen (secondary N) is 1. The summed E-state index contributed by atoms with van der Waals surface area (Å²) in [4.78, 5) is 6.75. The number of halogens is 2. The number of hydrogen-bond acceptors (Lipinski definition) is 4. The van der Waals surface area contributed by atoms with E-state index in [-0.39, 0.29) is 12.4 Å². The van der Waals surface area contributed by atoms with Crippen molar-refractivity contribution >= 4 is 28.3 Å². The molecule has 0 radical (unpaired) electrons. The van der Waals surface area contributed by atoms with Crippen LogP contribution in [0.25, 0.3) is 0 Å². The van der Waals surface area contributed by atoms with Gasteiger partial charge in [-0.2, -0.15) is 0 Å². The molecule has 6 heteroatoms. The lowest BCUT2D eigenvalue weighted by Gasteiger charge is -2.37. The summed E-state index contributed by atoms with van der Waals surface area (Å²) in [6.07, 6.45) is 3.76. The molecule has 0 amide bonds. The Labute approximate surface area is 151 Å². The number of para-hydroxylation sites is 1. The van der Waals surface area contributed by atoms with Crippen LogP contribution in [0.5, 0.6) is 5.75 Å². The van der Waals surface area contributed by atoms with Crippen molar-refractivity contribution in [2.45, 2.75) is 12.6 Å². The topological polar surface area (TPSA) is 37.4 Å². The summed E-state index contributed by atoms with van der Waals surface area (Å²) >= 11 is 3.50. The van der Waals surface area contributed by atoms with Crippen molar-refractivity contribution in [1.82, 2.24) is 15.2 Å².